The maximum Gasteiger partial charge on any atom is 0.250 e. The van der Waals surface area contributed by atoms with E-state index in [0.29, 0.717) is 24.5 Å². The molecule has 25 heavy (non-hydrogen) atoms. The Morgan fingerprint density at radius 2 is 2.08 bits per heavy atom. The summed E-state index contributed by atoms with van der Waals surface area (Å²) in [4.78, 5) is -0.0631. The molecule has 0 saturated carbocycles. The molecule has 1 aliphatic heterocycles. The molecule has 3 rings (SSSR count). The summed E-state index contributed by atoms with van der Waals surface area (Å²) >= 11 is 0. The minimum Gasteiger partial charge on any atom is -0.497 e. The molecule has 0 unspecified atom stereocenters. The van der Waals surface area contributed by atoms with Crippen LogP contribution in [0.4, 0.5) is 5.82 Å². The number of nitrogens with zero attached hydrogens (tertiary/aromatic N) is 2. The maximum atomic E-state index is 13.1. The zero-order valence-electron chi connectivity index (χ0n) is 14.4. The number of ether oxygens (including phenoxy) is 2. The van der Waals surface area contributed by atoms with Gasteiger partial charge in [0.05, 0.1) is 20.3 Å². The maximum absolute atomic E-state index is 13.1. The van der Waals surface area contributed by atoms with Gasteiger partial charge in [-0.3, -0.25) is 0 Å². The fourth-order valence-corrected chi connectivity index (χ4v) is 5.10. The molecule has 0 amide bonds. The Kier molecular flexibility index (Phi) is 4.61. The van der Waals surface area contributed by atoms with Crippen molar-refractivity contribution in [3.05, 3.63) is 29.5 Å². The number of hydrogen-bond acceptors (Lipinski definition) is 7. The van der Waals surface area contributed by atoms with E-state index in [0.717, 1.165) is 12.0 Å². The van der Waals surface area contributed by atoms with Crippen molar-refractivity contribution in [3.63, 3.8) is 0 Å². The first-order valence-electron chi connectivity index (χ1n) is 7.85. The van der Waals surface area contributed by atoms with Crippen LogP contribution in [0.5, 0.6) is 11.5 Å². The predicted molar refractivity (Wildman–Crippen MR) is 91.1 cm³/mol. The molecule has 1 aromatic heterocycles. The Hall–Kier alpha value is -2.26. The van der Waals surface area contributed by atoms with Crippen molar-refractivity contribution in [2.24, 2.45) is 0 Å². The van der Waals surface area contributed by atoms with Crippen molar-refractivity contribution in [1.82, 2.24) is 9.46 Å². The van der Waals surface area contributed by atoms with Gasteiger partial charge >= 0.3 is 0 Å². The zero-order valence-corrected chi connectivity index (χ0v) is 15.2. The number of aromatic nitrogens is 1. The Morgan fingerprint density at radius 3 is 2.68 bits per heavy atom. The SMILES string of the molecule is COc1ccc([C@@H]2CCCN2S(=O)(=O)c2c(N)noc2C)c(OC)c1. The average Bonchev–Trinajstić information content (AvgIpc) is 3.21. The summed E-state index contributed by atoms with van der Waals surface area (Å²) < 4.78 is 43.3. The van der Waals surface area contributed by atoms with Gasteiger partial charge in [-0.05, 0) is 25.8 Å². The molecule has 0 bridgehead atoms. The number of benzene rings is 1. The van der Waals surface area contributed by atoms with E-state index < -0.39 is 10.0 Å². The molecule has 2 aromatic rings. The Bertz CT molecular complexity index is 858. The Labute approximate surface area is 146 Å². The third kappa shape index (κ3) is 2.93. The lowest BCUT2D eigenvalue weighted by Gasteiger charge is -2.25. The van der Waals surface area contributed by atoms with Crippen LogP contribution in [-0.2, 0) is 10.0 Å². The van der Waals surface area contributed by atoms with Gasteiger partial charge in [0.1, 0.15) is 11.5 Å². The lowest BCUT2D eigenvalue weighted by molar-refractivity contribution is 0.360. The molecule has 0 aliphatic carbocycles. The lowest BCUT2D eigenvalue weighted by atomic mass is 10.0. The van der Waals surface area contributed by atoms with Crippen LogP contribution in [0.2, 0.25) is 0 Å². The molecule has 9 heteroatoms. The van der Waals surface area contributed by atoms with Crippen LogP contribution in [0.15, 0.2) is 27.6 Å². The summed E-state index contributed by atoms with van der Waals surface area (Å²) in [6.45, 7) is 1.93. The normalized spacial score (nSPS) is 18.4. The number of hydrogen-bond donors (Lipinski definition) is 1. The van der Waals surface area contributed by atoms with Gasteiger partial charge in [0, 0.05) is 18.2 Å². The van der Waals surface area contributed by atoms with Crippen LogP contribution in [-0.4, -0.2) is 38.6 Å². The number of methoxy groups -OCH3 is 2. The smallest absolute Gasteiger partial charge is 0.250 e. The van der Waals surface area contributed by atoms with Crippen molar-refractivity contribution in [1.29, 1.82) is 0 Å². The standard InChI is InChI=1S/C16H21N3O5S/c1-10-15(16(17)18-24-10)25(20,21)19-8-4-5-13(19)12-7-6-11(22-2)9-14(12)23-3/h6-7,9,13H,4-5,8H2,1-3H3,(H2,17,18)/t13-/m0/s1. The highest BCUT2D eigenvalue weighted by Gasteiger charge is 2.40. The molecular weight excluding hydrogens is 346 g/mol. The summed E-state index contributed by atoms with van der Waals surface area (Å²) in [7, 11) is -0.712. The van der Waals surface area contributed by atoms with Crippen LogP contribution < -0.4 is 15.2 Å². The van der Waals surface area contributed by atoms with E-state index in [4.69, 9.17) is 19.7 Å². The number of sulfonamides is 1. The summed E-state index contributed by atoms with van der Waals surface area (Å²) in [6, 6.07) is 5.02. The number of rotatable bonds is 5. The summed E-state index contributed by atoms with van der Waals surface area (Å²) in [5.41, 5.74) is 6.51. The number of aryl methyl sites for hydroxylation is 1. The van der Waals surface area contributed by atoms with Crippen LogP contribution in [0, 0.1) is 6.92 Å². The molecular formula is C16H21N3O5S. The summed E-state index contributed by atoms with van der Waals surface area (Å²) in [6.07, 6.45) is 1.43. The fraction of sp³-hybridized carbons (Fsp3) is 0.438. The second-order valence-electron chi connectivity index (χ2n) is 5.83. The molecule has 0 spiro atoms. The van der Waals surface area contributed by atoms with Crippen molar-refractivity contribution < 1.29 is 22.4 Å². The molecule has 8 nitrogen and oxygen atoms in total. The van der Waals surface area contributed by atoms with Crippen LogP contribution >= 0.6 is 0 Å². The third-order valence-electron chi connectivity index (χ3n) is 4.40. The topological polar surface area (TPSA) is 108 Å². The first kappa shape index (κ1) is 17.6. The van der Waals surface area contributed by atoms with Gasteiger partial charge in [0.15, 0.2) is 16.5 Å². The second-order valence-corrected chi connectivity index (χ2v) is 7.66. The zero-order chi connectivity index (χ0) is 18.2. The van der Waals surface area contributed by atoms with Crippen molar-refractivity contribution in [3.8, 4) is 11.5 Å². The monoisotopic (exact) mass is 367 g/mol. The molecule has 2 N–H and O–H groups in total. The number of anilines is 1. The minimum absolute atomic E-state index is 0.0631. The van der Waals surface area contributed by atoms with Crippen molar-refractivity contribution >= 4 is 15.8 Å². The van der Waals surface area contributed by atoms with E-state index in [9.17, 15) is 8.42 Å². The van der Waals surface area contributed by atoms with Gasteiger partial charge in [0.2, 0.25) is 0 Å². The molecule has 136 valence electrons. The third-order valence-corrected chi connectivity index (χ3v) is 6.47. The van der Waals surface area contributed by atoms with E-state index in [1.54, 1.807) is 26.4 Å². The van der Waals surface area contributed by atoms with Crippen molar-refractivity contribution in [2.45, 2.75) is 30.7 Å². The van der Waals surface area contributed by atoms with Crippen LogP contribution in [0.25, 0.3) is 0 Å². The van der Waals surface area contributed by atoms with E-state index in [1.807, 2.05) is 6.07 Å². The highest BCUT2D eigenvalue weighted by atomic mass is 32.2. The van der Waals surface area contributed by atoms with Gasteiger partial charge < -0.3 is 19.7 Å². The van der Waals surface area contributed by atoms with Crippen molar-refractivity contribution in [2.75, 3.05) is 26.5 Å². The van der Waals surface area contributed by atoms with Gasteiger partial charge in [0.25, 0.3) is 10.0 Å². The van der Waals surface area contributed by atoms with E-state index in [2.05, 4.69) is 5.16 Å². The molecule has 1 atom stereocenters. The number of nitrogens with two attached hydrogens (primary N) is 1. The number of nitrogen functional groups attached to an aromatic ring is 1. The van der Waals surface area contributed by atoms with E-state index in [1.165, 1.54) is 11.2 Å². The van der Waals surface area contributed by atoms with Gasteiger partial charge in [-0.1, -0.05) is 11.2 Å². The molecule has 1 fully saturated rings. The highest BCUT2D eigenvalue weighted by molar-refractivity contribution is 7.89. The van der Waals surface area contributed by atoms with Gasteiger partial charge in [-0.15, -0.1) is 0 Å². The van der Waals surface area contributed by atoms with Crippen LogP contribution in [0.1, 0.15) is 30.2 Å². The fourth-order valence-electron chi connectivity index (χ4n) is 3.24. The molecule has 1 aromatic carbocycles. The summed E-state index contributed by atoms with van der Waals surface area (Å²) in [5.74, 6) is 1.29. The van der Waals surface area contributed by atoms with E-state index >= 15 is 0 Å². The second kappa shape index (κ2) is 6.57. The first-order chi connectivity index (χ1) is 11.9. The minimum atomic E-state index is -3.83. The largest absolute Gasteiger partial charge is 0.497 e. The van der Waals surface area contributed by atoms with Gasteiger partial charge in [-0.25, -0.2) is 8.42 Å². The highest BCUT2D eigenvalue weighted by Crippen LogP contribution is 2.42. The van der Waals surface area contributed by atoms with E-state index in [-0.39, 0.29) is 22.5 Å². The Morgan fingerprint density at radius 1 is 1.32 bits per heavy atom. The molecule has 1 saturated heterocycles. The quantitative estimate of drug-likeness (QED) is 0.862. The average molecular weight is 367 g/mol. The van der Waals surface area contributed by atoms with Crippen LogP contribution in [0.3, 0.4) is 0 Å². The van der Waals surface area contributed by atoms with Gasteiger partial charge in [-0.2, -0.15) is 4.31 Å². The molecule has 2 heterocycles. The first-order valence-corrected chi connectivity index (χ1v) is 9.29. The lowest BCUT2D eigenvalue weighted by Crippen LogP contribution is -2.31. The molecule has 0 radical (unpaired) electrons. The Balaban J connectivity index is 2.04. The summed E-state index contributed by atoms with van der Waals surface area (Å²) in [5, 5.41) is 3.56. The predicted octanol–water partition coefficient (Wildman–Crippen LogP) is 2.11. The molecule has 1 aliphatic rings.